The summed E-state index contributed by atoms with van der Waals surface area (Å²) in [5.74, 6) is -0.0416. The Morgan fingerprint density at radius 1 is 1.35 bits per heavy atom. The number of carbonyl (C=O) groups is 1. The lowest BCUT2D eigenvalue weighted by molar-refractivity contribution is -0.117. The molecule has 0 aromatic heterocycles. The van der Waals surface area contributed by atoms with Gasteiger partial charge in [0.15, 0.2) is 0 Å². The van der Waals surface area contributed by atoms with Crippen molar-refractivity contribution in [3.8, 4) is 0 Å². The van der Waals surface area contributed by atoms with Crippen molar-refractivity contribution in [1.82, 2.24) is 4.90 Å². The van der Waals surface area contributed by atoms with Gasteiger partial charge in [-0.25, -0.2) is 0 Å². The topological polar surface area (TPSA) is 52.6 Å². The van der Waals surface area contributed by atoms with Crippen LogP contribution in [0.4, 0.5) is 5.69 Å². The number of benzene rings is 1. The van der Waals surface area contributed by atoms with Gasteiger partial charge in [-0.2, -0.15) is 0 Å². The molecule has 0 aliphatic heterocycles. The second-order valence-electron chi connectivity index (χ2n) is 4.98. The van der Waals surface area contributed by atoms with E-state index in [2.05, 4.69) is 5.32 Å². The molecule has 0 fully saturated rings. The van der Waals surface area contributed by atoms with Crippen molar-refractivity contribution in [2.75, 3.05) is 32.1 Å². The number of aliphatic hydroxyl groups excluding tert-OH is 1. The van der Waals surface area contributed by atoms with E-state index in [0.717, 1.165) is 37.1 Å². The van der Waals surface area contributed by atoms with Crippen LogP contribution in [0.1, 0.15) is 24.8 Å². The highest BCUT2D eigenvalue weighted by Gasteiger charge is 2.09. The zero-order valence-electron chi connectivity index (χ0n) is 12.2. The summed E-state index contributed by atoms with van der Waals surface area (Å²) in [5.41, 5.74) is 1.64. The maximum Gasteiger partial charge on any atom is 0.238 e. The number of amides is 1. The molecule has 0 spiro atoms. The van der Waals surface area contributed by atoms with Crippen molar-refractivity contribution < 1.29 is 9.90 Å². The van der Waals surface area contributed by atoms with E-state index in [1.54, 1.807) is 6.07 Å². The number of nitrogens with zero attached hydrogens (tertiary/aromatic N) is 1. The van der Waals surface area contributed by atoms with Crippen molar-refractivity contribution >= 4 is 23.2 Å². The summed E-state index contributed by atoms with van der Waals surface area (Å²) in [6.07, 6.45) is 2.79. The van der Waals surface area contributed by atoms with E-state index in [1.807, 2.05) is 31.0 Å². The van der Waals surface area contributed by atoms with E-state index >= 15 is 0 Å². The van der Waals surface area contributed by atoms with Crippen LogP contribution in [-0.2, 0) is 4.79 Å². The highest BCUT2D eigenvalue weighted by Crippen LogP contribution is 2.22. The van der Waals surface area contributed by atoms with Crippen LogP contribution in [0.25, 0.3) is 0 Å². The van der Waals surface area contributed by atoms with Gasteiger partial charge in [0.1, 0.15) is 0 Å². The Morgan fingerprint density at radius 3 is 2.80 bits per heavy atom. The molecule has 1 aromatic rings. The van der Waals surface area contributed by atoms with Gasteiger partial charge < -0.3 is 10.4 Å². The number of hydrogen-bond acceptors (Lipinski definition) is 3. The van der Waals surface area contributed by atoms with E-state index in [9.17, 15) is 4.79 Å². The first-order chi connectivity index (χ1) is 9.54. The van der Waals surface area contributed by atoms with Crippen LogP contribution in [-0.4, -0.2) is 42.7 Å². The van der Waals surface area contributed by atoms with Crippen LogP contribution < -0.4 is 5.32 Å². The maximum atomic E-state index is 11.9. The molecule has 0 bridgehead atoms. The van der Waals surface area contributed by atoms with Crippen molar-refractivity contribution in [2.45, 2.75) is 26.2 Å². The predicted molar refractivity (Wildman–Crippen MR) is 83.3 cm³/mol. The Morgan fingerprint density at radius 2 is 2.10 bits per heavy atom. The normalized spacial score (nSPS) is 10.8. The number of unbranched alkanes of at least 4 members (excludes halogenated alkanes) is 2. The van der Waals surface area contributed by atoms with E-state index in [-0.39, 0.29) is 12.5 Å². The first-order valence-electron chi connectivity index (χ1n) is 6.89. The molecule has 1 rings (SSSR count). The zero-order chi connectivity index (χ0) is 15.0. The summed E-state index contributed by atoms with van der Waals surface area (Å²) in [5, 5.41) is 12.2. The smallest absolute Gasteiger partial charge is 0.238 e. The van der Waals surface area contributed by atoms with Crippen molar-refractivity contribution in [3.63, 3.8) is 0 Å². The van der Waals surface area contributed by atoms with Gasteiger partial charge in [0, 0.05) is 17.3 Å². The second kappa shape index (κ2) is 8.95. The maximum absolute atomic E-state index is 11.9. The van der Waals surface area contributed by atoms with Gasteiger partial charge in [0.2, 0.25) is 5.91 Å². The molecule has 5 heteroatoms. The second-order valence-corrected chi connectivity index (χ2v) is 5.39. The molecule has 0 unspecified atom stereocenters. The third-order valence-electron chi connectivity index (χ3n) is 3.15. The van der Waals surface area contributed by atoms with Gasteiger partial charge in [-0.1, -0.05) is 17.7 Å². The van der Waals surface area contributed by atoms with Crippen LogP contribution in [0.15, 0.2) is 18.2 Å². The molecule has 0 heterocycles. The molecule has 0 saturated heterocycles. The molecular formula is C15H23ClN2O2. The lowest BCUT2D eigenvalue weighted by Gasteiger charge is -2.16. The Hall–Kier alpha value is -1.10. The fraction of sp³-hybridized carbons (Fsp3) is 0.533. The van der Waals surface area contributed by atoms with Gasteiger partial charge in [-0.3, -0.25) is 9.69 Å². The zero-order valence-corrected chi connectivity index (χ0v) is 12.9. The van der Waals surface area contributed by atoms with E-state index in [1.165, 1.54) is 0 Å². The van der Waals surface area contributed by atoms with Crippen LogP contribution in [0.3, 0.4) is 0 Å². The van der Waals surface area contributed by atoms with Gasteiger partial charge in [-0.15, -0.1) is 0 Å². The van der Waals surface area contributed by atoms with Crippen LogP contribution in [0, 0.1) is 6.92 Å². The average Bonchev–Trinajstić information content (AvgIpc) is 2.40. The SMILES string of the molecule is Cc1c(Cl)cccc1NC(=O)CN(C)CCCCCO. The molecular weight excluding hydrogens is 276 g/mol. The highest BCUT2D eigenvalue weighted by molar-refractivity contribution is 6.31. The lowest BCUT2D eigenvalue weighted by Crippen LogP contribution is -2.31. The number of aliphatic hydroxyl groups is 1. The third-order valence-corrected chi connectivity index (χ3v) is 3.56. The summed E-state index contributed by atoms with van der Waals surface area (Å²) in [6, 6.07) is 5.48. The first-order valence-corrected chi connectivity index (χ1v) is 7.26. The Bertz CT molecular complexity index is 438. The molecule has 1 aromatic carbocycles. The Balaban J connectivity index is 2.37. The van der Waals surface area contributed by atoms with Gasteiger partial charge in [0.25, 0.3) is 0 Å². The Labute approximate surface area is 125 Å². The number of likely N-dealkylation sites (N-methyl/N-ethyl adjacent to an activating group) is 1. The van der Waals surface area contributed by atoms with Crippen LogP contribution in [0.2, 0.25) is 5.02 Å². The molecule has 0 atom stereocenters. The number of anilines is 1. The molecule has 0 saturated carbocycles. The van der Waals surface area contributed by atoms with Gasteiger partial charge >= 0.3 is 0 Å². The number of carbonyl (C=O) groups excluding carboxylic acids is 1. The summed E-state index contributed by atoms with van der Waals surface area (Å²) in [4.78, 5) is 13.9. The van der Waals surface area contributed by atoms with Crippen LogP contribution >= 0.6 is 11.6 Å². The van der Waals surface area contributed by atoms with Crippen molar-refractivity contribution in [2.24, 2.45) is 0 Å². The van der Waals surface area contributed by atoms with E-state index in [0.29, 0.717) is 11.6 Å². The van der Waals surface area contributed by atoms with Crippen molar-refractivity contribution in [1.29, 1.82) is 0 Å². The molecule has 0 aliphatic rings. The summed E-state index contributed by atoms with van der Waals surface area (Å²) >= 11 is 6.02. The summed E-state index contributed by atoms with van der Waals surface area (Å²) in [6.45, 7) is 3.32. The average molecular weight is 299 g/mol. The molecule has 2 N–H and O–H groups in total. The quantitative estimate of drug-likeness (QED) is 0.726. The standard InChI is InChI=1S/C15H23ClN2O2/c1-12-13(16)7-6-8-14(12)17-15(20)11-18(2)9-4-3-5-10-19/h6-8,19H,3-5,9-11H2,1-2H3,(H,17,20). The highest BCUT2D eigenvalue weighted by atomic mass is 35.5. The molecule has 0 aliphatic carbocycles. The van der Waals surface area contributed by atoms with Gasteiger partial charge in [-0.05, 0) is 57.5 Å². The Kier molecular flexibility index (Phi) is 7.59. The first kappa shape index (κ1) is 17.0. The number of hydrogen-bond donors (Lipinski definition) is 2. The van der Waals surface area contributed by atoms with Crippen molar-refractivity contribution in [3.05, 3.63) is 28.8 Å². The summed E-state index contributed by atoms with van der Waals surface area (Å²) < 4.78 is 0. The minimum Gasteiger partial charge on any atom is -0.396 e. The van der Waals surface area contributed by atoms with Crippen LogP contribution in [0.5, 0.6) is 0 Å². The number of halogens is 1. The third kappa shape index (κ3) is 5.90. The number of nitrogens with one attached hydrogen (secondary N) is 1. The fourth-order valence-corrected chi connectivity index (χ4v) is 2.10. The van der Waals surface area contributed by atoms with Gasteiger partial charge in [0.05, 0.1) is 6.54 Å². The fourth-order valence-electron chi connectivity index (χ4n) is 1.93. The minimum atomic E-state index is -0.0416. The number of rotatable bonds is 8. The molecule has 1 amide bonds. The molecule has 0 radical (unpaired) electrons. The summed E-state index contributed by atoms with van der Waals surface area (Å²) in [7, 11) is 1.92. The largest absolute Gasteiger partial charge is 0.396 e. The molecule has 4 nitrogen and oxygen atoms in total. The predicted octanol–water partition coefficient (Wildman–Crippen LogP) is 2.68. The monoisotopic (exact) mass is 298 g/mol. The molecule has 20 heavy (non-hydrogen) atoms. The lowest BCUT2D eigenvalue weighted by atomic mass is 10.2. The van der Waals surface area contributed by atoms with E-state index < -0.39 is 0 Å². The molecule has 112 valence electrons. The minimum absolute atomic E-state index is 0.0416. The van der Waals surface area contributed by atoms with E-state index in [4.69, 9.17) is 16.7 Å².